The van der Waals surface area contributed by atoms with E-state index in [1.807, 2.05) is 0 Å². The van der Waals surface area contributed by atoms with Crippen molar-refractivity contribution < 1.29 is 4.74 Å². The number of hydrogen-bond acceptors (Lipinski definition) is 3. The monoisotopic (exact) mass is 272 g/mol. The fourth-order valence-corrected chi connectivity index (χ4v) is 3.29. The van der Waals surface area contributed by atoms with Crippen LogP contribution in [0.4, 0.5) is 0 Å². The van der Waals surface area contributed by atoms with E-state index in [9.17, 15) is 0 Å². The summed E-state index contributed by atoms with van der Waals surface area (Å²) in [4.78, 5) is 2.42. The van der Waals surface area contributed by atoms with Crippen LogP contribution >= 0.6 is 0 Å². The average molecular weight is 272 g/mol. The van der Waals surface area contributed by atoms with E-state index in [0.29, 0.717) is 12.0 Å². The number of likely N-dealkylation sites (N-methyl/N-ethyl adjacent to an activating group) is 1. The molecule has 0 aliphatic heterocycles. The summed E-state index contributed by atoms with van der Waals surface area (Å²) in [5.41, 5.74) is 0.238. The molecule has 0 bridgehead atoms. The van der Waals surface area contributed by atoms with Crippen molar-refractivity contribution in [2.45, 2.75) is 65.0 Å². The molecular formula is C16H36N2O. The summed E-state index contributed by atoms with van der Waals surface area (Å²) in [6.45, 7) is 11.2. The quantitative estimate of drug-likeness (QED) is 0.625. The number of rotatable bonds is 11. The first-order valence-electron chi connectivity index (χ1n) is 7.89. The Kier molecular flexibility index (Phi) is 9.67. The van der Waals surface area contributed by atoms with Crippen molar-refractivity contribution in [3.63, 3.8) is 0 Å². The Bertz CT molecular complexity index is 215. The molecule has 0 amide bonds. The van der Waals surface area contributed by atoms with Crippen molar-refractivity contribution in [2.75, 3.05) is 34.4 Å². The summed E-state index contributed by atoms with van der Waals surface area (Å²) >= 11 is 0. The predicted molar refractivity (Wildman–Crippen MR) is 84.7 cm³/mol. The van der Waals surface area contributed by atoms with Crippen molar-refractivity contribution in [3.8, 4) is 0 Å². The molecule has 0 heterocycles. The lowest BCUT2D eigenvalue weighted by molar-refractivity contribution is 0.0530. The number of ether oxygens (including phenoxy) is 1. The zero-order valence-corrected chi connectivity index (χ0v) is 14.3. The van der Waals surface area contributed by atoms with Crippen LogP contribution in [-0.4, -0.2) is 50.8 Å². The summed E-state index contributed by atoms with van der Waals surface area (Å²) in [6.07, 6.45) is 4.66. The maximum atomic E-state index is 5.27. The molecule has 2 unspecified atom stereocenters. The Balaban J connectivity index is 5.05. The highest BCUT2D eigenvalue weighted by Crippen LogP contribution is 2.31. The number of nitrogens with one attached hydrogen (secondary N) is 1. The third-order valence-electron chi connectivity index (χ3n) is 4.65. The van der Waals surface area contributed by atoms with Crippen LogP contribution in [0.15, 0.2) is 0 Å². The van der Waals surface area contributed by atoms with E-state index >= 15 is 0 Å². The molecule has 0 saturated heterocycles. The van der Waals surface area contributed by atoms with E-state index in [0.717, 1.165) is 19.6 Å². The van der Waals surface area contributed by atoms with E-state index < -0.39 is 0 Å². The zero-order valence-electron chi connectivity index (χ0n) is 14.3. The fraction of sp³-hybridized carbons (Fsp3) is 1.00. The van der Waals surface area contributed by atoms with E-state index in [1.54, 1.807) is 7.11 Å². The topological polar surface area (TPSA) is 24.5 Å². The van der Waals surface area contributed by atoms with Crippen LogP contribution in [0.5, 0.6) is 0 Å². The van der Waals surface area contributed by atoms with E-state index in [2.05, 4.69) is 52.0 Å². The molecule has 19 heavy (non-hydrogen) atoms. The second kappa shape index (κ2) is 9.73. The molecule has 0 aliphatic carbocycles. The normalized spacial score (nSPS) is 15.8. The van der Waals surface area contributed by atoms with Crippen molar-refractivity contribution >= 4 is 0 Å². The van der Waals surface area contributed by atoms with Gasteiger partial charge >= 0.3 is 0 Å². The molecule has 0 radical (unpaired) electrons. The van der Waals surface area contributed by atoms with Gasteiger partial charge in [0.1, 0.15) is 0 Å². The third-order valence-corrected chi connectivity index (χ3v) is 4.65. The van der Waals surface area contributed by atoms with Gasteiger partial charge in [0.05, 0.1) is 0 Å². The smallest absolute Gasteiger partial charge is 0.0465 e. The van der Waals surface area contributed by atoms with E-state index in [4.69, 9.17) is 4.74 Å². The molecule has 116 valence electrons. The standard InChI is InChI=1S/C16H36N2O/c1-8-12-17-15(14(4)11-13-19-7)16(9-2,10-3)18(5)6/h14-15,17H,8-13H2,1-7H3. The van der Waals surface area contributed by atoms with Crippen LogP contribution in [0, 0.1) is 5.92 Å². The van der Waals surface area contributed by atoms with E-state index in [1.165, 1.54) is 19.3 Å². The Hall–Kier alpha value is -0.120. The Morgan fingerprint density at radius 1 is 1.16 bits per heavy atom. The van der Waals surface area contributed by atoms with Crippen LogP contribution in [-0.2, 0) is 4.74 Å². The van der Waals surface area contributed by atoms with Gasteiger partial charge in [-0.25, -0.2) is 0 Å². The molecule has 0 aromatic carbocycles. The molecule has 0 aliphatic rings. The molecule has 2 atom stereocenters. The Labute approximate surface area is 121 Å². The van der Waals surface area contributed by atoms with Gasteiger partial charge in [0.2, 0.25) is 0 Å². The van der Waals surface area contributed by atoms with Gasteiger partial charge in [0.15, 0.2) is 0 Å². The minimum Gasteiger partial charge on any atom is -0.385 e. The van der Waals surface area contributed by atoms with Gasteiger partial charge in [-0.2, -0.15) is 0 Å². The van der Waals surface area contributed by atoms with Crippen molar-refractivity contribution in [3.05, 3.63) is 0 Å². The summed E-state index contributed by atoms with van der Waals surface area (Å²) in [6, 6.07) is 0.521. The second-order valence-corrected chi connectivity index (χ2v) is 5.90. The highest BCUT2D eigenvalue weighted by molar-refractivity contribution is 4.99. The Morgan fingerprint density at radius 2 is 1.74 bits per heavy atom. The lowest BCUT2D eigenvalue weighted by Crippen LogP contribution is -2.61. The molecule has 0 aromatic heterocycles. The molecule has 0 rings (SSSR count). The number of nitrogens with zero attached hydrogens (tertiary/aromatic N) is 1. The lowest BCUT2D eigenvalue weighted by Gasteiger charge is -2.48. The van der Waals surface area contributed by atoms with Crippen LogP contribution in [0.2, 0.25) is 0 Å². The predicted octanol–water partition coefficient (Wildman–Crippen LogP) is 3.15. The second-order valence-electron chi connectivity index (χ2n) is 5.90. The first-order chi connectivity index (χ1) is 8.99. The van der Waals surface area contributed by atoms with Crippen molar-refractivity contribution in [1.29, 1.82) is 0 Å². The molecule has 0 saturated carbocycles. The maximum absolute atomic E-state index is 5.27. The van der Waals surface area contributed by atoms with Crippen LogP contribution < -0.4 is 5.32 Å². The van der Waals surface area contributed by atoms with Crippen LogP contribution in [0.1, 0.15) is 53.4 Å². The summed E-state index contributed by atoms with van der Waals surface area (Å²) < 4.78 is 5.27. The van der Waals surface area contributed by atoms with Gasteiger partial charge in [-0.1, -0.05) is 27.7 Å². The van der Waals surface area contributed by atoms with Crippen molar-refractivity contribution in [1.82, 2.24) is 10.2 Å². The summed E-state index contributed by atoms with van der Waals surface area (Å²) in [5.74, 6) is 0.619. The van der Waals surface area contributed by atoms with Gasteiger partial charge < -0.3 is 15.0 Å². The molecular weight excluding hydrogens is 236 g/mol. The SMILES string of the molecule is CCCNC(C(C)CCOC)C(CC)(CC)N(C)C. The number of hydrogen-bond donors (Lipinski definition) is 1. The van der Waals surface area contributed by atoms with Gasteiger partial charge in [0.25, 0.3) is 0 Å². The first kappa shape index (κ1) is 18.9. The third kappa shape index (κ3) is 5.05. The van der Waals surface area contributed by atoms with Crippen LogP contribution in [0.3, 0.4) is 0 Å². The van der Waals surface area contributed by atoms with Crippen LogP contribution in [0.25, 0.3) is 0 Å². The minimum atomic E-state index is 0.238. The first-order valence-corrected chi connectivity index (χ1v) is 7.89. The highest BCUT2D eigenvalue weighted by atomic mass is 16.5. The fourth-order valence-electron chi connectivity index (χ4n) is 3.29. The molecule has 0 spiro atoms. The van der Waals surface area contributed by atoms with E-state index in [-0.39, 0.29) is 5.54 Å². The van der Waals surface area contributed by atoms with Gasteiger partial charge in [-0.15, -0.1) is 0 Å². The molecule has 3 nitrogen and oxygen atoms in total. The van der Waals surface area contributed by atoms with Gasteiger partial charge in [-0.05, 0) is 52.2 Å². The highest BCUT2D eigenvalue weighted by Gasteiger charge is 2.40. The maximum Gasteiger partial charge on any atom is 0.0465 e. The summed E-state index contributed by atoms with van der Waals surface area (Å²) in [7, 11) is 6.23. The molecule has 0 fully saturated rings. The lowest BCUT2D eigenvalue weighted by atomic mass is 9.76. The largest absolute Gasteiger partial charge is 0.385 e. The minimum absolute atomic E-state index is 0.238. The van der Waals surface area contributed by atoms with Crippen molar-refractivity contribution in [2.24, 2.45) is 5.92 Å². The van der Waals surface area contributed by atoms with Gasteiger partial charge in [0, 0.05) is 25.3 Å². The zero-order chi connectivity index (χ0) is 14.9. The van der Waals surface area contributed by atoms with Gasteiger partial charge in [-0.3, -0.25) is 0 Å². The molecule has 1 N–H and O–H groups in total. The number of methoxy groups -OCH3 is 1. The molecule has 3 heteroatoms. The average Bonchev–Trinajstić information content (AvgIpc) is 2.40. The molecule has 0 aromatic rings. The Morgan fingerprint density at radius 3 is 2.11 bits per heavy atom. The summed E-state index contributed by atoms with van der Waals surface area (Å²) in [5, 5.41) is 3.80.